The monoisotopic (exact) mass is 454 g/mol. The Bertz CT molecular complexity index is 1170. The molecule has 2 aliphatic rings. The number of hydrogen-bond donors (Lipinski definition) is 3. The number of fused-ring (bicyclic) bond motifs is 2. The van der Waals surface area contributed by atoms with Crippen molar-refractivity contribution >= 4 is 5.82 Å². The van der Waals surface area contributed by atoms with E-state index in [1.165, 1.54) is 30.9 Å². The molecule has 0 radical (unpaired) electrons. The van der Waals surface area contributed by atoms with Gasteiger partial charge in [0.15, 0.2) is 11.6 Å². The molecule has 9 heteroatoms. The van der Waals surface area contributed by atoms with Crippen molar-refractivity contribution in [3.8, 4) is 28.1 Å². The number of aromatic amines is 1. The first kappa shape index (κ1) is 21.8. The number of H-pyrrole nitrogens is 1. The highest BCUT2D eigenvalue weighted by molar-refractivity contribution is 5.74. The van der Waals surface area contributed by atoms with E-state index in [1.807, 2.05) is 11.9 Å². The summed E-state index contributed by atoms with van der Waals surface area (Å²) in [4.78, 5) is 1.99. The van der Waals surface area contributed by atoms with Crippen molar-refractivity contribution < 1.29 is 13.9 Å². The van der Waals surface area contributed by atoms with Gasteiger partial charge in [0.2, 0.25) is 0 Å². The average Bonchev–Trinajstić information content (AvgIpc) is 3.28. The standard InChI is InChI=1S/C24H28F2N6O/c1-23-5-4-6-24(2,31-23)11-15(10-23)32(3)21-9-19(26)22(30-29-21)17-7-18(25)16(8-20(17)33)14-12-27-28-13-14/h7-9,12-13,15,31,33H,4-6,10-11H2,1-3H3,(H,27,28)/t15?,23-,24+. The van der Waals surface area contributed by atoms with Gasteiger partial charge in [0, 0.05) is 53.1 Å². The summed E-state index contributed by atoms with van der Waals surface area (Å²) in [7, 11) is 1.92. The van der Waals surface area contributed by atoms with E-state index in [1.54, 1.807) is 0 Å². The third-order valence-corrected chi connectivity index (χ3v) is 7.23. The van der Waals surface area contributed by atoms with Crippen LogP contribution < -0.4 is 10.2 Å². The maximum Gasteiger partial charge on any atom is 0.155 e. The molecule has 7 nitrogen and oxygen atoms in total. The molecule has 3 N–H and O–H groups in total. The van der Waals surface area contributed by atoms with Crippen LogP contribution in [-0.4, -0.2) is 49.7 Å². The number of aromatic hydroxyl groups is 1. The molecule has 2 bridgehead atoms. The SMILES string of the molecule is CN(c1cc(F)c(-c2cc(F)c(-c3cn[nH]c3)cc2O)nn1)C1C[C@]2(C)CCC[C@](C)(C1)N2. The maximum absolute atomic E-state index is 15.1. The fourth-order valence-electron chi connectivity index (χ4n) is 5.69. The zero-order valence-electron chi connectivity index (χ0n) is 19.0. The van der Waals surface area contributed by atoms with Crippen LogP contribution in [0.2, 0.25) is 0 Å². The van der Waals surface area contributed by atoms with E-state index in [0.29, 0.717) is 11.4 Å². The average molecular weight is 455 g/mol. The fourth-order valence-corrected chi connectivity index (χ4v) is 5.69. The predicted octanol–water partition coefficient (Wildman–Crippen LogP) is 4.41. The van der Waals surface area contributed by atoms with E-state index < -0.39 is 11.6 Å². The van der Waals surface area contributed by atoms with E-state index in [4.69, 9.17) is 0 Å². The van der Waals surface area contributed by atoms with Gasteiger partial charge in [-0.25, -0.2) is 8.78 Å². The number of benzene rings is 1. The van der Waals surface area contributed by atoms with Crippen molar-refractivity contribution in [3.63, 3.8) is 0 Å². The normalized spacial score (nSPS) is 26.9. The van der Waals surface area contributed by atoms with Crippen LogP contribution in [-0.2, 0) is 0 Å². The summed E-state index contributed by atoms with van der Waals surface area (Å²) < 4.78 is 29.8. The second-order valence-corrected chi connectivity index (χ2v) is 10.0. The lowest BCUT2D eigenvalue weighted by molar-refractivity contribution is 0.0784. The molecule has 2 fully saturated rings. The van der Waals surface area contributed by atoms with Gasteiger partial charge in [0.1, 0.15) is 17.3 Å². The van der Waals surface area contributed by atoms with Crippen molar-refractivity contribution in [2.24, 2.45) is 0 Å². The lowest BCUT2D eigenvalue weighted by Crippen LogP contribution is -2.66. The van der Waals surface area contributed by atoms with Crippen LogP contribution in [0, 0.1) is 11.6 Å². The molecule has 2 aliphatic heterocycles. The first-order valence-corrected chi connectivity index (χ1v) is 11.2. The van der Waals surface area contributed by atoms with Gasteiger partial charge >= 0.3 is 0 Å². The van der Waals surface area contributed by atoms with Crippen LogP contribution in [0.15, 0.2) is 30.6 Å². The molecule has 3 aromatic rings. The Kier molecular flexibility index (Phi) is 5.12. The Morgan fingerprint density at radius 1 is 1.03 bits per heavy atom. The first-order chi connectivity index (χ1) is 15.7. The third-order valence-electron chi connectivity index (χ3n) is 7.23. The Balaban J connectivity index is 1.43. The summed E-state index contributed by atoms with van der Waals surface area (Å²) in [6.07, 6.45) is 8.27. The quantitative estimate of drug-likeness (QED) is 0.541. The molecule has 1 aromatic carbocycles. The van der Waals surface area contributed by atoms with Crippen molar-refractivity contribution in [2.75, 3.05) is 11.9 Å². The summed E-state index contributed by atoms with van der Waals surface area (Å²) in [5.74, 6) is -1.14. The molecular weight excluding hydrogens is 426 g/mol. The summed E-state index contributed by atoms with van der Waals surface area (Å²) in [6, 6.07) is 3.82. The first-order valence-electron chi connectivity index (χ1n) is 11.2. The molecule has 0 saturated carbocycles. The second kappa shape index (κ2) is 7.76. The Labute approximate surface area is 191 Å². The fraction of sp³-hybridized carbons (Fsp3) is 0.458. The predicted molar refractivity (Wildman–Crippen MR) is 122 cm³/mol. The molecule has 4 heterocycles. The molecule has 33 heavy (non-hydrogen) atoms. The van der Waals surface area contributed by atoms with Gasteiger partial charge in [-0.2, -0.15) is 5.10 Å². The van der Waals surface area contributed by atoms with Crippen LogP contribution in [0.3, 0.4) is 0 Å². The number of rotatable bonds is 4. The molecule has 0 amide bonds. The van der Waals surface area contributed by atoms with E-state index in [9.17, 15) is 9.50 Å². The Morgan fingerprint density at radius 3 is 2.39 bits per heavy atom. The lowest BCUT2D eigenvalue weighted by Gasteiger charge is -2.55. The van der Waals surface area contributed by atoms with E-state index in [2.05, 4.69) is 39.6 Å². The number of phenols is 1. The molecule has 0 aliphatic carbocycles. The number of anilines is 1. The van der Waals surface area contributed by atoms with Gasteiger partial charge in [-0.05, 0) is 58.1 Å². The van der Waals surface area contributed by atoms with Crippen LogP contribution in [0.4, 0.5) is 14.6 Å². The van der Waals surface area contributed by atoms with Crippen LogP contribution in [0.5, 0.6) is 5.75 Å². The molecule has 174 valence electrons. The van der Waals surface area contributed by atoms with E-state index >= 15 is 4.39 Å². The van der Waals surface area contributed by atoms with Gasteiger partial charge < -0.3 is 15.3 Å². The topological polar surface area (TPSA) is 90.0 Å². The summed E-state index contributed by atoms with van der Waals surface area (Å²) in [5, 5.41) is 29.0. The van der Waals surface area contributed by atoms with Crippen molar-refractivity contribution in [2.45, 2.75) is 63.1 Å². The third kappa shape index (κ3) is 3.94. The maximum atomic E-state index is 15.1. The van der Waals surface area contributed by atoms with Gasteiger partial charge in [-0.15, -0.1) is 10.2 Å². The minimum Gasteiger partial charge on any atom is -0.507 e. The Hall–Kier alpha value is -3.07. The smallest absolute Gasteiger partial charge is 0.155 e. The zero-order chi connectivity index (χ0) is 23.4. The molecule has 2 saturated heterocycles. The molecule has 0 spiro atoms. The minimum absolute atomic E-state index is 0.0460. The number of phenolic OH excluding ortho intramolecular Hbond substituents is 1. The Morgan fingerprint density at radius 2 is 1.76 bits per heavy atom. The summed E-state index contributed by atoms with van der Waals surface area (Å²) in [5.41, 5.74) is 0.505. The lowest BCUT2D eigenvalue weighted by atomic mass is 9.69. The van der Waals surface area contributed by atoms with E-state index in [0.717, 1.165) is 31.7 Å². The molecule has 5 rings (SSSR count). The molecule has 1 unspecified atom stereocenters. The molecule has 2 aromatic heterocycles. The number of aromatic nitrogens is 4. The van der Waals surface area contributed by atoms with Gasteiger partial charge in [0.25, 0.3) is 0 Å². The zero-order valence-corrected chi connectivity index (χ0v) is 19.0. The van der Waals surface area contributed by atoms with Crippen LogP contribution in [0.25, 0.3) is 22.4 Å². The highest BCUT2D eigenvalue weighted by Gasteiger charge is 2.46. The minimum atomic E-state index is -0.663. The highest BCUT2D eigenvalue weighted by Crippen LogP contribution is 2.42. The van der Waals surface area contributed by atoms with E-state index in [-0.39, 0.29) is 39.7 Å². The number of hydrogen-bond acceptors (Lipinski definition) is 6. The summed E-state index contributed by atoms with van der Waals surface area (Å²) in [6.45, 7) is 4.51. The van der Waals surface area contributed by atoms with Crippen LogP contribution in [0.1, 0.15) is 46.0 Å². The number of piperidine rings is 2. The largest absolute Gasteiger partial charge is 0.507 e. The van der Waals surface area contributed by atoms with Crippen molar-refractivity contribution in [1.82, 2.24) is 25.7 Å². The second-order valence-electron chi connectivity index (χ2n) is 10.0. The van der Waals surface area contributed by atoms with Gasteiger partial charge in [-0.3, -0.25) is 5.10 Å². The number of nitrogens with zero attached hydrogens (tertiary/aromatic N) is 4. The van der Waals surface area contributed by atoms with Gasteiger partial charge in [-0.1, -0.05) is 0 Å². The number of halogens is 2. The van der Waals surface area contributed by atoms with Gasteiger partial charge in [0.05, 0.1) is 6.20 Å². The van der Waals surface area contributed by atoms with Crippen molar-refractivity contribution in [3.05, 3.63) is 42.2 Å². The molecular formula is C24H28F2N6O. The molecule has 3 atom stereocenters. The highest BCUT2D eigenvalue weighted by atomic mass is 19.1. The van der Waals surface area contributed by atoms with Crippen molar-refractivity contribution in [1.29, 1.82) is 0 Å². The van der Waals surface area contributed by atoms with Crippen LogP contribution >= 0.6 is 0 Å². The summed E-state index contributed by atoms with van der Waals surface area (Å²) >= 11 is 0. The number of nitrogens with one attached hydrogen (secondary N) is 2.